The van der Waals surface area contributed by atoms with Gasteiger partial charge in [-0.1, -0.05) is 40.9 Å². The van der Waals surface area contributed by atoms with Crippen LogP contribution < -0.4 is 14.8 Å². The van der Waals surface area contributed by atoms with Gasteiger partial charge in [-0.15, -0.1) is 0 Å². The first-order valence-electron chi connectivity index (χ1n) is 7.63. The highest BCUT2D eigenvalue weighted by Gasteiger charge is 2.23. The molecule has 126 valence electrons. The quantitative estimate of drug-likeness (QED) is 0.877. The number of hydrogen-bond donors (Lipinski definition) is 1. The van der Waals surface area contributed by atoms with E-state index < -0.39 is 0 Å². The molecule has 3 rings (SSSR count). The van der Waals surface area contributed by atoms with Crippen LogP contribution in [0.5, 0.6) is 11.5 Å². The molecule has 0 spiro atoms. The fourth-order valence-corrected chi connectivity index (χ4v) is 2.97. The van der Waals surface area contributed by atoms with Crippen LogP contribution in [0.25, 0.3) is 0 Å². The Kier molecular flexibility index (Phi) is 5.17. The van der Waals surface area contributed by atoms with E-state index in [0.717, 1.165) is 23.3 Å². The monoisotopic (exact) mass is 365 g/mol. The van der Waals surface area contributed by atoms with Crippen molar-refractivity contribution in [3.05, 3.63) is 57.6 Å². The third-order valence-electron chi connectivity index (χ3n) is 3.79. The summed E-state index contributed by atoms with van der Waals surface area (Å²) in [7, 11) is 0. The summed E-state index contributed by atoms with van der Waals surface area (Å²) in [6.45, 7) is 2.46. The van der Waals surface area contributed by atoms with Crippen LogP contribution in [0.15, 0.2) is 36.4 Å². The number of hydrogen-bond acceptors (Lipinski definition) is 3. The molecular formula is C18H17Cl2NO3. The molecule has 1 heterocycles. The Balaban J connectivity index is 1.64. The number of rotatable bonds is 4. The van der Waals surface area contributed by atoms with Crippen molar-refractivity contribution in [2.24, 2.45) is 0 Å². The van der Waals surface area contributed by atoms with E-state index >= 15 is 0 Å². The molecule has 0 bridgehead atoms. The molecule has 6 heteroatoms. The van der Waals surface area contributed by atoms with Crippen LogP contribution in [0.1, 0.15) is 23.6 Å². The average Bonchev–Trinajstić information content (AvgIpc) is 2.56. The second-order valence-electron chi connectivity index (χ2n) is 5.66. The Morgan fingerprint density at radius 1 is 1.29 bits per heavy atom. The van der Waals surface area contributed by atoms with Crippen molar-refractivity contribution >= 4 is 29.1 Å². The van der Waals surface area contributed by atoms with Crippen LogP contribution in [-0.2, 0) is 4.79 Å². The smallest absolute Gasteiger partial charge is 0.258 e. The molecule has 0 radical (unpaired) electrons. The minimum absolute atomic E-state index is 0.0837. The highest BCUT2D eigenvalue weighted by molar-refractivity contribution is 6.34. The molecule has 1 atom stereocenters. The van der Waals surface area contributed by atoms with Crippen LogP contribution in [0, 0.1) is 6.92 Å². The predicted molar refractivity (Wildman–Crippen MR) is 94.1 cm³/mol. The van der Waals surface area contributed by atoms with Gasteiger partial charge in [-0.2, -0.15) is 0 Å². The van der Waals surface area contributed by atoms with E-state index in [1.165, 1.54) is 0 Å². The maximum absolute atomic E-state index is 12.2. The van der Waals surface area contributed by atoms with Crippen molar-refractivity contribution in [2.45, 2.75) is 19.4 Å². The van der Waals surface area contributed by atoms with Gasteiger partial charge in [0, 0.05) is 23.1 Å². The van der Waals surface area contributed by atoms with E-state index in [4.69, 9.17) is 32.7 Å². The first kappa shape index (κ1) is 16.9. The third kappa shape index (κ3) is 3.94. The van der Waals surface area contributed by atoms with E-state index in [1.54, 1.807) is 18.2 Å². The number of benzene rings is 2. The standard InChI is InChI=1S/C18H17Cl2NO3/c1-11-2-5-16-13(8-11)15(6-7-23-16)21-18(22)10-24-17-9-12(19)3-4-14(17)20/h2-5,8-9,15H,6-7,10H2,1H3,(H,21,22). The van der Waals surface area contributed by atoms with Crippen molar-refractivity contribution in [3.63, 3.8) is 0 Å². The van der Waals surface area contributed by atoms with Gasteiger partial charge < -0.3 is 14.8 Å². The molecule has 0 aromatic heterocycles. The number of amides is 1. The Morgan fingerprint density at radius 3 is 2.96 bits per heavy atom. The molecule has 2 aromatic carbocycles. The van der Waals surface area contributed by atoms with Gasteiger partial charge >= 0.3 is 0 Å². The molecule has 1 aliphatic heterocycles. The molecule has 1 amide bonds. The van der Waals surface area contributed by atoms with Gasteiger partial charge in [0.1, 0.15) is 11.5 Å². The summed E-state index contributed by atoms with van der Waals surface area (Å²) in [4.78, 5) is 12.2. The summed E-state index contributed by atoms with van der Waals surface area (Å²) in [5, 5.41) is 3.91. The maximum Gasteiger partial charge on any atom is 0.258 e. The van der Waals surface area contributed by atoms with Crippen LogP contribution in [-0.4, -0.2) is 19.1 Å². The summed E-state index contributed by atoms with van der Waals surface area (Å²) in [5.41, 5.74) is 2.12. The summed E-state index contributed by atoms with van der Waals surface area (Å²) in [5.74, 6) is 0.990. The first-order chi connectivity index (χ1) is 11.5. The van der Waals surface area contributed by atoms with E-state index in [2.05, 4.69) is 5.32 Å². The highest BCUT2D eigenvalue weighted by atomic mass is 35.5. The minimum Gasteiger partial charge on any atom is -0.493 e. The van der Waals surface area contributed by atoms with Gasteiger partial charge in [-0.05, 0) is 25.1 Å². The number of fused-ring (bicyclic) bond motifs is 1. The van der Waals surface area contributed by atoms with E-state index in [9.17, 15) is 4.79 Å². The van der Waals surface area contributed by atoms with Crippen LogP contribution in [0.3, 0.4) is 0 Å². The molecule has 2 aromatic rings. The average molecular weight is 366 g/mol. The van der Waals surface area contributed by atoms with Gasteiger partial charge in [0.2, 0.25) is 0 Å². The molecule has 24 heavy (non-hydrogen) atoms. The fraction of sp³-hybridized carbons (Fsp3) is 0.278. The number of halogens is 2. The molecule has 0 saturated carbocycles. The SMILES string of the molecule is Cc1ccc2c(c1)C(NC(=O)COc1cc(Cl)ccc1Cl)CCO2. The second-order valence-corrected chi connectivity index (χ2v) is 6.51. The van der Waals surface area contributed by atoms with E-state index in [-0.39, 0.29) is 18.6 Å². The van der Waals surface area contributed by atoms with Gasteiger partial charge in [0.15, 0.2) is 6.61 Å². The van der Waals surface area contributed by atoms with Crippen molar-refractivity contribution in [3.8, 4) is 11.5 Å². The highest BCUT2D eigenvalue weighted by Crippen LogP contribution is 2.32. The number of carbonyl (C=O) groups is 1. The molecular weight excluding hydrogens is 349 g/mol. The fourth-order valence-electron chi connectivity index (χ4n) is 2.63. The number of carbonyl (C=O) groups excluding carboxylic acids is 1. The summed E-state index contributed by atoms with van der Waals surface area (Å²) in [6, 6.07) is 10.8. The summed E-state index contributed by atoms with van der Waals surface area (Å²) >= 11 is 11.9. The van der Waals surface area contributed by atoms with Crippen LogP contribution >= 0.6 is 23.2 Å². The third-order valence-corrected chi connectivity index (χ3v) is 4.34. The largest absolute Gasteiger partial charge is 0.493 e. The summed E-state index contributed by atoms with van der Waals surface area (Å²) in [6.07, 6.45) is 0.722. The minimum atomic E-state index is -0.217. The lowest BCUT2D eigenvalue weighted by molar-refractivity contribution is -0.124. The molecule has 1 N–H and O–H groups in total. The van der Waals surface area contributed by atoms with Gasteiger partial charge in [-0.25, -0.2) is 0 Å². The lowest BCUT2D eigenvalue weighted by Crippen LogP contribution is -2.35. The zero-order valence-electron chi connectivity index (χ0n) is 13.1. The molecule has 0 saturated heterocycles. The summed E-state index contributed by atoms with van der Waals surface area (Å²) < 4.78 is 11.1. The Hall–Kier alpha value is -1.91. The van der Waals surface area contributed by atoms with Crippen molar-refractivity contribution in [2.75, 3.05) is 13.2 Å². The van der Waals surface area contributed by atoms with Gasteiger partial charge in [0.05, 0.1) is 17.7 Å². The van der Waals surface area contributed by atoms with E-state index in [1.807, 2.05) is 25.1 Å². The number of ether oxygens (including phenoxy) is 2. The number of aryl methyl sites for hydroxylation is 1. The maximum atomic E-state index is 12.2. The second kappa shape index (κ2) is 7.32. The zero-order chi connectivity index (χ0) is 17.1. The molecule has 1 unspecified atom stereocenters. The lowest BCUT2D eigenvalue weighted by atomic mass is 9.98. The topological polar surface area (TPSA) is 47.6 Å². The molecule has 4 nitrogen and oxygen atoms in total. The normalized spacial score (nSPS) is 16.0. The van der Waals surface area contributed by atoms with Crippen molar-refractivity contribution in [1.82, 2.24) is 5.32 Å². The molecule has 0 aliphatic carbocycles. The van der Waals surface area contributed by atoms with Crippen LogP contribution in [0.2, 0.25) is 10.0 Å². The van der Waals surface area contributed by atoms with Crippen molar-refractivity contribution < 1.29 is 14.3 Å². The van der Waals surface area contributed by atoms with Crippen molar-refractivity contribution in [1.29, 1.82) is 0 Å². The predicted octanol–water partition coefficient (Wildman–Crippen LogP) is 4.32. The van der Waals surface area contributed by atoms with Crippen LogP contribution in [0.4, 0.5) is 0 Å². The Bertz CT molecular complexity index is 764. The molecule has 1 aliphatic rings. The lowest BCUT2D eigenvalue weighted by Gasteiger charge is -2.27. The zero-order valence-corrected chi connectivity index (χ0v) is 14.7. The van der Waals surface area contributed by atoms with Gasteiger partial charge in [-0.3, -0.25) is 4.79 Å². The molecule has 0 fully saturated rings. The van der Waals surface area contributed by atoms with Gasteiger partial charge in [0.25, 0.3) is 5.91 Å². The Morgan fingerprint density at radius 2 is 2.12 bits per heavy atom. The first-order valence-corrected chi connectivity index (χ1v) is 8.39. The Labute approximate surface area is 150 Å². The van der Waals surface area contributed by atoms with E-state index in [0.29, 0.717) is 22.4 Å². The number of nitrogens with one attached hydrogen (secondary N) is 1.